The van der Waals surface area contributed by atoms with E-state index in [1.54, 1.807) is 0 Å². The predicted octanol–water partition coefficient (Wildman–Crippen LogP) is 1.48. The Hall–Kier alpha value is -0.120. The molecule has 15 heavy (non-hydrogen) atoms. The number of rotatable bonds is 5. The zero-order valence-electron chi connectivity index (χ0n) is 10.6. The van der Waals surface area contributed by atoms with Crippen molar-refractivity contribution in [1.29, 1.82) is 0 Å². The number of hydrogen-bond acceptors (Lipinski definition) is 3. The highest BCUT2D eigenvalue weighted by molar-refractivity contribution is 4.73. The lowest BCUT2D eigenvalue weighted by atomic mass is 10.1. The van der Waals surface area contributed by atoms with E-state index < -0.39 is 0 Å². The first-order valence-corrected chi connectivity index (χ1v) is 6.17. The fraction of sp³-hybridized carbons (Fsp3) is 1.00. The van der Waals surface area contributed by atoms with Gasteiger partial charge in [-0.2, -0.15) is 0 Å². The molecule has 0 amide bonds. The molecule has 0 spiro atoms. The summed E-state index contributed by atoms with van der Waals surface area (Å²) in [6, 6.07) is 0.640. The zero-order valence-corrected chi connectivity index (χ0v) is 10.6. The highest BCUT2D eigenvalue weighted by atomic mass is 16.5. The Morgan fingerprint density at radius 2 is 1.93 bits per heavy atom. The first kappa shape index (κ1) is 12.9. The van der Waals surface area contributed by atoms with E-state index in [0.29, 0.717) is 18.2 Å². The molecule has 0 aliphatic carbocycles. The quantitative estimate of drug-likeness (QED) is 0.750. The van der Waals surface area contributed by atoms with Crippen LogP contribution in [-0.4, -0.2) is 49.8 Å². The van der Waals surface area contributed by atoms with Gasteiger partial charge >= 0.3 is 0 Å². The molecule has 1 aliphatic heterocycles. The largest absolute Gasteiger partial charge is 0.373 e. The van der Waals surface area contributed by atoms with Crippen LogP contribution < -0.4 is 5.32 Å². The second-order valence-corrected chi connectivity index (χ2v) is 4.85. The van der Waals surface area contributed by atoms with Crippen LogP contribution in [0.1, 0.15) is 33.6 Å². The maximum atomic E-state index is 5.71. The van der Waals surface area contributed by atoms with E-state index in [1.807, 2.05) is 7.05 Å². The molecule has 1 N–H and O–H groups in total. The van der Waals surface area contributed by atoms with Gasteiger partial charge in [-0.3, -0.25) is 4.90 Å². The van der Waals surface area contributed by atoms with Crippen molar-refractivity contribution in [2.45, 2.75) is 51.9 Å². The summed E-state index contributed by atoms with van der Waals surface area (Å²) in [6.07, 6.45) is 3.34. The SMILES string of the molecule is CNC(C)CCCN1C[C@@H](C)O[C@@H](C)C1. The van der Waals surface area contributed by atoms with Crippen LogP contribution in [0.4, 0.5) is 0 Å². The minimum atomic E-state index is 0.399. The molecule has 1 saturated heterocycles. The monoisotopic (exact) mass is 214 g/mol. The average Bonchev–Trinajstić information content (AvgIpc) is 2.16. The summed E-state index contributed by atoms with van der Waals surface area (Å²) in [5.74, 6) is 0. The van der Waals surface area contributed by atoms with Crippen LogP contribution in [0.5, 0.6) is 0 Å². The Morgan fingerprint density at radius 1 is 1.33 bits per heavy atom. The molecule has 1 heterocycles. The molecule has 0 aromatic rings. The van der Waals surface area contributed by atoms with Gasteiger partial charge in [-0.25, -0.2) is 0 Å². The lowest BCUT2D eigenvalue weighted by Gasteiger charge is -2.35. The van der Waals surface area contributed by atoms with Crippen LogP contribution in [0.25, 0.3) is 0 Å². The van der Waals surface area contributed by atoms with Crippen LogP contribution in [0.3, 0.4) is 0 Å². The summed E-state index contributed by atoms with van der Waals surface area (Å²) < 4.78 is 5.71. The van der Waals surface area contributed by atoms with E-state index in [2.05, 4.69) is 31.0 Å². The Morgan fingerprint density at radius 3 is 2.47 bits per heavy atom. The zero-order chi connectivity index (χ0) is 11.3. The molecule has 0 aromatic heterocycles. The summed E-state index contributed by atoms with van der Waals surface area (Å²) in [5, 5.41) is 3.28. The molecule has 3 atom stereocenters. The van der Waals surface area contributed by atoms with Gasteiger partial charge in [0.05, 0.1) is 12.2 Å². The van der Waals surface area contributed by atoms with Crippen LogP contribution in [-0.2, 0) is 4.74 Å². The van der Waals surface area contributed by atoms with Gasteiger partial charge < -0.3 is 10.1 Å². The lowest BCUT2D eigenvalue weighted by Crippen LogP contribution is -2.45. The van der Waals surface area contributed by atoms with E-state index in [9.17, 15) is 0 Å². The summed E-state index contributed by atoms with van der Waals surface area (Å²) in [7, 11) is 2.03. The molecule has 0 aromatic carbocycles. The molecule has 1 fully saturated rings. The van der Waals surface area contributed by atoms with Crippen molar-refractivity contribution in [3.63, 3.8) is 0 Å². The molecule has 0 saturated carbocycles. The number of hydrogen-bond donors (Lipinski definition) is 1. The van der Waals surface area contributed by atoms with Gasteiger partial charge in [-0.05, 0) is 47.2 Å². The molecule has 1 rings (SSSR count). The molecule has 90 valence electrons. The fourth-order valence-corrected chi connectivity index (χ4v) is 2.23. The van der Waals surface area contributed by atoms with Crippen LogP contribution in [0.15, 0.2) is 0 Å². The van der Waals surface area contributed by atoms with Crippen molar-refractivity contribution >= 4 is 0 Å². The molecule has 3 nitrogen and oxygen atoms in total. The molecule has 3 heteroatoms. The minimum Gasteiger partial charge on any atom is -0.373 e. The number of nitrogens with one attached hydrogen (secondary N) is 1. The summed E-state index contributed by atoms with van der Waals surface area (Å²) in [5.41, 5.74) is 0. The normalized spacial score (nSPS) is 30.4. The van der Waals surface area contributed by atoms with Crippen molar-refractivity contribution in [2.75, 3.05) is 26.7 Å². The van der Waals surface area contributed by atoms with Gasteiger partial charge in [0.1, 0.15) is 0 Å². The predicted molar refractivity (Wildman–Crippen MR) is 64.2 cm³/mol. The summed E-state index contributed by atoms with van der Waals surface area (Å²) >= 11 is 0. The van der Waals surface area contributed by atoms with Crippen LogP contribution in [0.2, 0.25) is 0 Å². The van der Waals surface area contributed by atoms with Gasteiger partial charge in [0.25, 0.3) is 0 Å². The van der Waals surface area contributed by atoms with Gasteiger partial charge in [0, 0.05) is 19.1 Å². The van der Waals surface area contributed by atoms with Crippen molar-refractivity contribution < 1.29 is 4.74 Å². The highest BCUT2D eigenvalue weighted by Crippen LogP contribution is 2.11. The van der Waals surface area contributed by atoms with E-state index >= 15 is 0 Å². The van der Waals surface area contributed by atoms with Gasteiger partial charge in [0.15, 0.2) is 0 Å². The third-order valence-corrected chi connectivity index (χ3v) is 3.10. The average molecular weight is 214 g/mol. The number of morpholine rings is 1. The Bertz CT molecular complexity index is 165. The second kappa shape index (κ2) is 6.46. The number of ether oxygens (including phenoxy) is 1. The molecule has 1 unspecified atom stereocenters. The van der Waals surface area contributed by atoms with E-state index in [1.165, 1.54) is 19.4 Å². The van der Waals surface area contributed by atoms with Gasteiger partial charge in [-0.1, -0.05) is 0 Å². The van der Waals surface area contributed by atoms with Crippen LogP contribution in [0, 0.1) is 0 Å². The first-order valence-electron chi connectivity index (χ1n) is 6.17. The molecule has 0 bridgehead atoms. The van der Waals surface area contributed by atoms with E-state index in [4.69, 9.17) is 4.74 Å². The molecular formula is C12H26N2O. The van der Waals surface area contributed by atoms with E-state index in [0.717, 1.165) is 13.1 Å². The van der Waals surface area contributed by atoms with Crippen molar-refractivity contribution in [3.8, 4) is 0 Å². The third kappa shape index (κ3) is 4.96. The summed E-state index contributed by atoms with van der Waals surface area (Å²) in [4.78, 5) is 2.53. The molecule has 0 radical (unpaired) electrons. The minimum absolute atomic E-state index is 0.399. The smallest absolute Gasteiger partial charge is 0.0678 e. The van der Waals surface area contributed by atoms with Gasteiger partial charge in [0.2, 0.25) is 0 Å². The van der Waals surface area contributed by atoms with Gasteiger partial charge in [-0.15, -0.1) is 0 Å². The molecular weight excluding hydrogens is 188 g/mol. The second-order valence-electron chi connectivity index (χ2n) is 4.85. The highest BCUT2D eigenvalue weighted by Gasteiger charge is 2.21. The first-order chi connectivity index (χ1) is 7.11. The van der Waals surface area contributed by atoms with E-state index in [-0.39, 0.29) is 0 Å². The van der Waals surface area contributed by atoms with Crippen molar-refractivity contribution in [1.82, 2.24) is 10.2 Å². The topological polar surface area (TPSA) is 24.5 Å². The Balaban J connectivity index is 2.15. The van der Waals surface area contributed by atoms with Crippen molar-refractivity contribution in [2.24, 2.45) is 0 Å². The molecule has 1 aliphatic rings. The number of nitrogens with zero attached hydrogens (tertiary/aromatic N) is 1. The Labute approximate surface area is 94.2 Å². The fourth-order valence-electron chi connectivity index (χ4n) is 2.23. The Kier molecular flexibility index (Phi) is 5.58. The lowest BCUT2D eigenvalue weighted by molar-refractivity contribution is -0.0682. The third-order valence-electron chi connectivity index (χ3n) is 3.10. The maximum Gasteiger partial charge on any atom is 0.0678 e. The maximum absolute atomic E-state index is 5.71. The van der Waals surface area contributed by atoms with Crippen LogP contribution >= 0.6 is 0 Å². The summed E-state index contributed by atoms with van der Waals surface area (Å²) in [6.45, 7) is 9.98. The standard InChI is InChI=1S/C12H26N2O/c1-10(13-4)6-5-7-14-8-11(2)15-12(3)9-14/h10-13H,5-9H2,1-4H3/t10?,11-,12+. The van der Waals surface area contributed by atoms with Crippen molar-refractivity contribution in [3.05, 3.63) is 0 Å².